The molecule has 0 aliphatic heterocycles. The molecule has 2 aromatic heterocycles. The first-order valence-electron chi connectivity index (χ1n) is 12.8. The number of ether oxygens (including phenoxy) is 6. The lowest BCUT2D eigenvalue weighted by Gasteiger charge is -2.19. The molecule has 0 aliphatic carbocycles. The number of halogens is 4. The predicted molar refractivity (Wildman–Crippen MR) is 154 cm³/mol. The highest BCUT2D eigenvalue weighted by molar-refractivity contribution is 6.38. The molecule has 2 heterocycles. The quantitative estimate of drug-likeness (QED) is 0.193. The van der Waals surface area contributed by atoms with Crippen molar-refractivity contribution in [1.29, 1.82) is 0 Å². The summed E-state index contributed by atoms with van der Waals surface area (Å²) in [5.41, 5.74) is 0.689. The summed E-state index contributed by atoms with van der Waals surface area (Å²) >= 11 is 19.1. The maximum Gasteiger partial charge on any atom is 0.227 e. The van der Waals surface area contributed by atoms with E-state index in [1.54, 1.807) is 11.5 Å². The average Bonchev–Trinajstić information content (AvgIpc) is 2.92. The SMILES string of the molecule is Cc1cc(=O)c2c(OCCOCCOCCOCCOCCOCCO)ncc(Cl)c2n1-c1c(Cl)cc(F)cc1Cl. The zero-order valence-electron chi connectivity index (χ0n) is 22.5. The second kappa shape index (κ2) is 17.8. The third kappa shape index (κ3) is 10.0. The average molecular weight is 638 g/mol. The van der Waals surface area contributed by atoms with E-state index in [2.05, 4.69) is 4.98 Å². The minimum atomic E-state index is -0.596. The molecule has 1 N–H and O–H groups in total. The van der Waals surface area contributed by atoms with Crippen LogP contribution >= 0.6 is 34.8 Å². The molecule has 0 fully saturated rings. The Morgan fingerprint density at radius 1 is 0.780 bits per heavy atom. The van der Waals surface area contributed by atoms with Gasteiger partial charge in [0.05, 0.1) is 105 Å². The minimum Gasteiger partial charge on any atom is -0.475 e. The topological polar surface area (TPSA) is 111 Å². The Balaban J connectivity index is 1.45. The van der Waals surface area contributed by atoms with Crippen molar-refractivity contribution in [1.82, 2.24) is 9.55 Å². The van der Waals surface area contributed by atoms with Gasteiger partial charge in [0.2, 0.25) is 5.88 Å². The van der Waals surface area contributed by atoms with Crippen molar-refractivity contribution >= 4 is 45.7 Å². The lowest BCUT2D eigenvalue weighted by atomic mass is 10.2. The van der Waals surface area contributed by atoms with Gasteiger partial charge in [-0.1, -0.05) is 34.8 Å². The Kier molecular flexibility index (Phi) is 14.5. The van der Waals surface area contributed by atoms with Crippen LogP contribution < -0.4 is 10.2 Å². The molecule has 14 heteroatoms. The van der Waals surface area contributed by atoms with Gasteiger partial charge in [-0.3, -0.25) is 4.79 Å². The second-order valence-corrected chi connectivity index (χ2v) is 9.69. The number of hydrogen-bond donors (Lipinski definition) is 1. The summed E-state index contributed by atoms with van der Waals surface area (Å²) in [5.74, 6) is -0.530. The highest BCUT2D eigenvalue weighted by Crippen LogP contribution is 2.36. The van der Waals surface area contributed by atoms with Crippen molar-refractivity contribution in [2.24, 2.45) is 0 Å². The number of benzene rings is 1. The van der Waals surface area contributed by atoms with Crippen LogP contribution in [0, 0.1) is 12.7 Å². The van der Waals surface area contributed by atoms with E-state index in [0.717, 1.165) is 12.1 Å². The normalized spacial score (nSPS) is 11.5. The first kappa shape index (κ1) is 33.4. The number of nitrogens with zero attached hydrogens (tertiary/aromatic N) is 2. The van der Waals surface area contributed by atoms with Crippen molar-refractivity contribution in [2.75, 3.05) is 79.3 Å². The number of fused-ring (bicyclic) bond motifs is 1. The Morgan fingerprint density at radius 2 is 1.27 bits per heavy atom. The van der Waals surface area contributed by atoms with Gasteiger partial charge in [-0.05, 0) is 19.1 Å². The van der Waals surface area contributed by atoms with Crippen LogP contribution in [-0.4, -0.2) is 93.9 Å². The molecule has 0 radical (unpaired) electrons. The van der Waals surface area contributed by atoms with E-state index in [0.29, 0.717) is 65.2 Å². The van der Waals surface area contributed by atoms with E-state index < -0.39 is 5.82 Å². The molecule has 0 amide bonds. The van der Waals surface area contributed by atoms with Gasteiger partial charge in [0, 0.05) is 11.8 Å². The Bertz CT molecular complexity index is 1300. The molecule has 41 heavy (non-hydrogen) atoms. The van der Waals surface area contributed by atoms with Crippen molar-refractivity contribution < 1.29 is 37.9 Å². The second-order valence-electron chi connectivity index (χ2n) is 8.47. The van der Waals surface area contributed by atoms with Gasteiger partial charge in [-0.2, -0.15) is 0 Å². The first-order valence-corrected chi connectivity index (χ1v) is 14.0. The van der Waals surface area contributed by atoms with Crippen molar-refractivity contribution in [2.45, 2.75) is 6.92 Å². The summed E-state index contributed by atoms with van der Waals surface area (Å²) in [6, 6.07) is 3.64. The number of hydrogen-bond acceptors (Lipinski definition) is 9. The van der Waals surface area contributed by atoms with Crippen LogP contribution in [0.5, 0.6) is 5.88 Å². The molecule has 0 unspecified atom stereocenters. The van der Waals surface area contributed by atoms with E-state index in [-0.39, 0.29) is 62.8 Å². The molecule has 226 valence electrons. The van der Waals surface area contributed by atoms with E-state index in [9.17, 15) is 9.18 Å². The van der Waals surface area contributed by atoms with Crippen molar-refractivity contribution in [3.8, 4) is 11.6 Å². The van der Waals surface area contributed by atoms with Crippen LogP contribution in [0.15, 0.2) is 29.2 Å². The monoisotopic (exact) mass is 636 g/mol. The Hall–Kier alpha value is -2.06. The van der Waals surface area contributed by atoms with Crippen LogP contribution in [0.4, 0.5) is 4.39 Å². The summed E-state index contributed by atoms with van der Waals surface area (Å²) in [4.78, 5) is 17.2. The zero-order chi connectivity index (χ0) is 29.6. The predicted octanol–water partition coefficient (Wildman–Crippen LogP) is 4.25. The van der Waals surface area contributed by atoms with E-state index in [1.807, 2.05) is 0 Å². The van der Waals surface area contributed by atoms with Gasteiger partial charge < -0.3 is 38.1 Å². The van der Waals surface area contributed by atoms with Gasteiger partial charge in [0.15, 0.2) is 5.43 Å². The van der Waals surface area contributed by atoms with Crippen molar-refractivity contribution in [3.63, 3.8) is 0 Å². The minimum absolute atomic E-state index is 0.00284. The van der Waals surface area contributed by atoms with Crippen LogP contribution in [-0.2, 0) is 23.7 Å². The lowest BCUT2D eigenvalue weighted by molar-refractivity contribution is -0.0147. The lowest BCUT2D eigenvalue weighted by Crippen LogP contribution is -2.16. The molecule has 3 aromatic rings. The zero-order valence-corrected chi connectivity index (χ0v) is 24.8. The molecule has 3 rings (SSSR count). The Labute approximate surface area is 251 Å². The van der Waals surface area contributed by atoms with Crippen LogP contribution in [0.1, 0.15) is 5.69 Å². The number of pyridine rings is 2. The molecule has 0 saturated carbocycles. The summed E-state index contributed by atoms with van der Waals surface area (Å²) in [6.07, 6.45) is 1.36. The Morgan fingerprint density at radius 3 is 1.78 bits per heavy atom. The van der Waals surface area contributed by atoms with Gasteiger partial charge in [0.25, 0.3) is 0 Å². The van der Waals surface area contributed by atoms with Crippen LogP contribution in [0.3, 0.4) is 0 Å². The molecule has 0 atom stereocenters. The summed E-state index contributed by atoms with van der Waals surface area (Å²) in [6.45, 7) is 5.64. The fourth-order valence-electron chi connectivity index (χ4n) is 3.79. The van der Waals surface area contributed by atoms with Gasteiger partial charge in [-0.15, -0.1) is 0 Å². The van der Waals surface area contributed by atoms with E-state index >= 15 is 0 Å². The van der Waals surface area contributed by atoms with Crippen LogP contribution in [0.2, 0.25) is 15.1 Å². The number of aliphatic hydroxyl groups is 1. The standard InChI is InChI=1S/C27H32Cl3FN2O8/c1-18-14-23(35)24-26(33(18)25-20(28)15-19(31)16-21(25)29)22(30)17-32-27(24)41-13-12-40-11-10-39-9-8-38-7-6-37-5-4-36-3-2-34/h14-17,34H,2-13H2,1H3. The molecule has 0 aliphatic rings. The van der Waals surface area contributed by atoms with E-state index in [1.165, 1.54) is 12.3 Å². The number of aromatic nitrogens is 2. The fourth-order valence-corrected chi connectivity index (χ4v) is 4.65. The van der Waals surface area contributed by atoms with Gasteiger partial charge in [0.1, 0.15) is 17.8 Å². The molecular weight excluding hydrogens is 606 g/mol. The van der Waals surface area contributed by atoms with Crippen LogP contribution in [0.25, 0.3) is 16.6 Å². The smallest absolute Gasteiger partial charge is 0.227 e. The number of aryl methyl sites for hydroxylation is 1. The first-order chi connectivity index (χ1) is 19.8. The largest absolute Gasteiger partial charge is 0.475 e. The molecule has 0 bridgehead atoms. The highest BCUT2D eigenvalue weighted by Gasteiger charge is 2.21. The number of rotatable bonds is 19. The molecule has 1 aromatic carbocycles. The van der Waals surface area contributed by atoms with Gasteiger partial charge in [-0.25, -0.2) is 9.37 Å². The summed E-state index contributed by atoms with van der Waals surface area (Å²) in [7, 11) is 0. The van der Waals surface area contributed by atoms with E-state index in [4.69, 9.17) is 68.3 Å². The third-order valence-electron chi connectivity index (χ3n) is 5.53. The van der Waals surface area contributed by atoms with Gasteiger partial charge >= 0.3 is 0 Å². The maximum atomic E-state index is 13.8. The third-order valence-corrected chi connectivity index (χ3v) is 6.38. The number of aliphatic hydroxyl groups excluding tert-OH is 1. The summed E-state index contributed by atoms with van der Waals surface area (Å²) < 4.78 is 47.9. The fraction of sp³-hybridized carbons (Fsp3) is 0.481. The molecule has 0 saturated heterocycles. The molecule has 0 spiro atoms. The molecular formula is C27H32Cl3FN2O8. The molecule has 10 nitrogen and oxygen atoms in total. The highest BCUT2D eigenvalue weighted by atomic mass is 35.5. The summed E-state index contributed by atoms with van der Waals surface area (Å²) in [5, 5.41) is 8.98. The maximum absolute atomic E-state index is 13.8. The van der Waals surface area contributed by atoms with Crippen molar-refractivity contribution in [3.05, 3.63) is 61.2 Å².